The molecule has 2 saturated carbocycles. The Morgan fingerprint density at radius 1 is 1.27 bits per heavy atom. The molecule has 2 aliphatic heterocycles. The topological polar surface area (TPSA) is 128 Å². The molecule has 37 heavy (non-hydrogen) atoms. The summed E-state index contributed by atoms with van der Waals surface area (Å²) >= 11 is 0. The van der Waals surface area contributed by atoms with E-state index in [0.29, 0.717) is 18.8 Å². The van der Waals surface area contributed by atoms with Gasteiger partial charge in [0.2, 0.25) is 11.8 Å². The molecule has 200 valence electrons. The van der Waals surface area contributed by atoms with E-state index in [1.807, 2.05) is 19.9 Å². The summed E-state index contributed by atoms with van der Waals surface area (Å²) in [4.78, 5) is 42.6. The minimum absolute atomic E-state index is 0.0419. The molecular weight excluding hydrogens is 474 g/mol. The summed E-state index contributed by atoms with van der Waals surface area (Å²) in [7, 11) is 0. The predicted molar refractivity (Wildman–Crippen MR) is 134 cm³/mol. The predicted octanol–water partition coefficient (Wildman–Crippen LogP) is 1.17. The van der Waals surface area contributed by atoms with Crippen molar-refractivity contribution in [3.8, 4) is 11.5 Å². The van der Waals surface area contributed by atoms with Gasteiger partial charge in [-0.2, -0.15) is 0 Å². The number of carbonyl (C=O) groups excluding carboxylic acids is 3. The van der Waals surface area contributed by atoms with Crippen molar-refractivity contribution in [3.63, 3.8) is 0 Å². The third-order valence-corrected chi connectivity index (χ3v) is 9.37. The van der Waals surface area contributed by atoms with Gasteiger partial charge in [-0.1, -0.05) is 6.07 Å². The lowest BCUT2D eigenvalue weighted by Gasteiger charge is -2.63. The lowest BCUT2D eigenvalue weighted by atomic mass is 9.47. The van der Waals surface area contributed by atoms with Crippen molar-refractivity contribution in [2.24, 2.45) is 11.8 Å². The first kappa shape index (κ1) is 24.7. The summed E-state index contributed by atoms with van der Waals surface area (Å²) in [5.41, 5.74) is -1.90. The van der Waals surface area contributed by atoms with Crippen LogP contribution < -0.4 is 15.4 Å². The van der Waals surface area contributed by atoms with Gasteiger partial charge in [-0.05, 0) is 83.9 Å². The molecule has 1 spiro atoms. The van der Waals surface area contributed by atoms with Crippen LogP contribution in [-0.4, -0.2) is 75.1 Å². The fraction of sp³-hybridized carbons (Fsp3) is 0.679. The number of ether oxygens (including phenoxy) is 1. The molecule has 0 radical (unpaired) electrons. The molecule has 5 aliphatic rings. The standard InChI is InChI=1S/C28H37N3O6/c1-14(2)29-25(35)26(3,4)30-24(34)17-12-28(36)19-11-16-7-8-18(32)22-20(16)27(28,23(37-22)21(17)33)9-10-31(19)13-15-5-6-15/h7-8,14-15,17,19,23,32,36H,5-6,9-13H2,1-4H3,(H,29,35)(H,30,34)/t17?,19-,23+,27+,28-/m1/s1. The molecule has 3 aliphatic carbocycles. The zero-order valence-corrected chi connectivity index (χ0v) is 22.0. The minimum Gasteiger partial charge on any atom is -0.504 e. The Hall–Kier alpha value is -2.65. The Bertz CT molecular complexity index is 1190. The average molecular weight is 512 g/mol. The Kier molecular flexibility index (Phi) is 5.29. The lowest BCUT2D eigenvalue weighted by molar-refractivity contribution is -0.198. The van der Waals surface area contributed by atoms with Gasteiger partial charge in [0.25, 0.3) is 0 Å². The summed E-state index contributed by atoms with van der Waals surface area (Å²) in [6.45, 7) is 8.50. The molecule has 5 atom stereocenters. The van der Waals surface area contributed by atoms with E-state index >= 15 is 0 Å². The van der Waals surface area contributed by atoms with E-state index in [1.165, 1.54) is 12.8 Å². The number of likely N-dealkylation sites (tertiary alicyclic amines) is 1. The molecule has 4 N–H and O–H groups in total. The van der Waals surface area contributed by atoms with Crippen LogP contribution in [0.4, 0.5) is 0 Å². The van der Waals surface area contributed by atoms with Gasteiger partial charge in [-0.25, -0.2) is 0 Å². The van der Waals surface area contributed by atoms with Crippen LogP contribution in [0.2, 0.25) is 0 Å². The lowest BCUT2D eigenvalue weighted by Crippen LogP contribution is -2.78. The summed E-state index contributed by atoms with van der Waals surface area (Å²) in [6.07, 6.45) is 2.34. The maximum Gasteiger partial charge on any atom is 0.245 e. The third kappa shape index (κ3) is 3.39. The molecule has 1 aromatic rings. The van der Waals surface area contributed by atoms with Crippen molar-refractivity contribution in [2.45, 2.75) is 94.5 Å². The number of benzene rings is 1. The molecule has 3 fully saturated rings. The van der Waals surface area contributed by atoms with Crippen molar-refractivity contribution < 1.29 is 29.3 Å². The summed E-state index contributed by atoms with van der Waals surface area (Å²) in [5.74, 6) is -1.67. The highest BCUT2D eigenvalue weighted by Gasteiger charge is 2.75. The number of rotatable bonds is 6. The van der Waals surface area contributed by atoms with Crippen LogP contribution in [0.15, 0.2) is 12.1 Å². The average Bonchev–Trinajstić information content (AvgIpc) is 3.55. The van der Waals surface area contributed by atoms with Gasteiger partial charge >= 0.3 is 0 Å². The summed E-state index contributed by atoms with van der Waals surface area (Å²) in [6, 6.07) is 3.11. The number of hydrogen-bond acceptors (Lipinski definition) is 7. The van der Waals surface area contributed by atoms with Gasteiger partial charge in [0, 0.05) is 24.2 Å². The molecule has 9 nitrogen and oxygen atoms in total. The zero-order chi connectivity index (χ0) is 26.5. The minimum atomic E-state index is -1.39. The number of amides is 2. The molecular formula is C28H37N3O6. The number of nitrogens with zero attached hydrogens (tertiary/aromatic N) is 1. The smallest absolute Gasteiger partial charge is 0.245 e. The van der Waals surface area contributed by atoms with Gasteiger partial charge < -0.3 is 25.6 Å². The maximum atomic E-state index is 14.0. The third-order valence-electron chi connectivity index (χ3n) is 9.37. The summed E-state index contributed by atoms with van der Waals surface area (Å²) in [5, 5.41) is 28.9. The second-order valence-electron chi connectivity index (χ2n) is 12.7. The van der Waals surface area contributed by atoms with E-state index in [1.54, 1.807) is 19.9 Å². The number of hydrogen-bond donors (Lipinski definition) is 4. The number of aliphatic hydroxyl groups is 1. The number of Topliss-reactive ketones (excluding diaryl/α,β-unsaturated/α-hetero) is 1. The van der Waals surface area contributed by atoms with Crippen molar-refractivity contribution in [1.82, 2.24) is 15.5 Å². The number of carbonyl (C=O) groups is 3. The van der Waals surface area contributed by atoms with Crippen LogP contribution in [0.1, 0.15) is 64.5 Å². The van der Waals surface area contributed by atoms with Gasteiger partial charge in [0.05, 0.1) is 11.0 Å². The fourth-order valence-electron chi connectivity index (χ4n) is 7.42. The first-order valence-corrected chi connectivity index (χ1v) is 13.5. The largest absolute Gasteiger partial charge is 0.504 e. The molecule has 2 heterocycles. The van der Waals surface area contributed by atoms with Gasteiger partial charge in [-0.15, -0.1) is 0 Å². The number of phenols is 1. The highest BCUT2D eigenvalue weighted by Crippen LogP contribution is 2.65. The van der Waals surface area contributed by atoms with Crippen molar-refractivity contribution in [3.05, 3.63) is 23.3 Å². The van der Waals surface area contributed by atoms with Gasteiger partial charge in [-0.3, -0.25) is 19.3 Å². The molecule has 1 unspecified atom stereocenters. The number of phenolic OH excluding ortho intramolecular Hbond substituents is 1. The summed E-state index contributed by atoms with van der Waals surface area (Å²) < 4.78 is 6.19. The molecule has 0 aromatic heterocycles. The number of nitrogens with one attached hydrogen (secondary N) is 2. The van der Waals surface area contributed by atoms with Crippen molar-refractivity contribution in [2.75, 3.05) is 13.1 Å². The highest BCUT2D eigenvalue weighted by molar-refractivity contribution is 6.07. The van der Waals surface area contributed by atoms with Crippen molar-refractivity contribution in [1.29, 1.82) is 0 Å². The van der Waals surface area contributed by atoms with Gasteiger partial charge in [0.1, 0.15) is 11.5 Å². The van der Waals surface area contributed by atoms with Crippen LogP contribution in [0.5, 0.6) is 11.5 Å². The van der Waals surface area contributed by atoms with Gasteiger partial charge in [0.15, 0.2) is 23.4 Å². The van der Waals surface area contributed by atoms with Crippen molar-refractivity contribution >= 4 is 17.6 Å². The monoisotopic (exact) mass is 511 g/mol. The molecule has 2 bridgehead atoms. The number of ketones is 1. The normalized spacial score (nSPS) is 34.1. The first-order chi connectivity index (χ1) is 17.4. The molecule has 2 amide bonds. The maximum absolute atomic E-state index is 14.0. The highest BCUT2D eigenvalue weighted by atomic mass is 16.5. The van der Waals surface area contributed by atoms with Crippen LogP contribution >= 0.6 is 0 Å². The Morgan fingerprint density at radius 2 is 2.00 bits per heavy atom. The number of piperidine rings is 1. The Morgan fingerprint density at radius 3 is 2.68 bits per heavy atom. The first-order valence-electron chi connectivity index (χ1n) is 13.5. The van der Waals surface area contributed by atoms with E-state index in [0.717, 1.165) is 24.2 Å². The SMILES string of the molecule is CC(C)NC(=O)C(C)(C)NC(=O)C1C[C@@]2(O)[C@H]3Cc4ccc(O)c5c4[C@@]2(CCN3CC2CC2)[C@@H](O5)C1=O. The van der Waals surface area contributed by atoms with Crippen LogP contribution in [-0.2, 0) is 26.2 Å². The Balaban J connectivity index is 1.39. The van der Waals surface area contributed by atoms with E-state index in [2.05, 4.69) is 15.5 Å². The second-order valence-corrected chi connectivity index (χ2v) is 12.7. The second kappa shape index (κ2) is 7.93. The van der Waals surface area contributed by atoms with Crippen LogP contribution in [0.3, 0.4) is 0 Å². The zero-order valence-electron chi connectivity index (χ0n) is 22.0. The van der Waals surface area contributed by atoms with E-state index < -0.39 is 40.3 Å². The Labute approximate surface area is 216 Å². The molecule has 6 rings (SSSR count). The fourth-order valence-corrected chi connectivity index (χ4v) is 7.42. The van der Waals surface area contributed by atoms with Crippen LogP contribution in [0.25, 0.3) is 0 Å². The van der Waals surface area contributed by atoms with Crippen LogP contribution in [0, 0.1) is 11.8 Å². The molecule has 1 aromatic carbocycles. The van der Waals surface area contributed by atoms with E-state index in [4.69, 9.17) is 4.74 Å². The molecule has 1 saturated heterocycles. The van der Waals surface area contributed by atoms with E-state index in [9.17, 15) is 24.6 Å². The quantitative estimate of drug-likeness (QED) is 0.422. The number of aromatic hydroxyl groups is 1. The van der Waals surface area contributed by atoms with E-state index in [-0.39, 0.29) is 35.9 Å². The molecule has 9 heteroatoms.